The van der Waals surface area contributed by atoms with E-state index in [0.29, 0.717) is 38.5 Å². The van der Waals surface area contributed by atoms with Crippen LogP contribution in [-0.2, 0) is 71.9 Å². The molecule has 0 saturated carbocycles. The summed E-state index contributed by atoms with van der Waals surface area (Å²) in [6.07, 6.45) is 2.75. The van der Waals surface area contributed by atoms with Gasteiger partial charge in [0.1, 0.15) is 76.0 Å². The van der Waals surface area contributed by atoms with Gasteiger partial charge in [0.25, 0.3) is 0 Å². The Bertz CT molecular complexity index is 3020. The van der Waals surface area contributed by atoms with Gasteiger partial charge in [-0.15, -0.1) is 0 Å². The van der Waals surface area contributed by atoms with E-state index >= 15 is 0 Å². The van der Waals surface area contributed by atoms with Gasteiger partial charge >= 0.3 is 0 Å². The van der Waals surface area contributed by atoms with Crippen LogP contribution in [0.15, 0.2) is 0 Å². The molecule has 3 aliphatic heterocycles. The smallest absolute Gasteiger partial charge is 0.248 e. The predicted octanol–water partition coefficient (Wildman–Crippen LogP) is 0.214. The van der Waals surface area contributed by atoms with Gasteiger partial charge in [-0.25, -0.2) is 0 Å². The number of aliphatic hydroxyl groups excluding tert-OH is 1. The summed E-state index contributed by atoms with van der Waals surface area (Å²) in [7, 11) is 0. The van der Waals surface area contributed by atoms with Crippen LogP contribution in [0, 0.1) is 23.7 Å². The third-order valence-corrected chi connectivity index (χ3v) is 18.9. The van der Waals surface area contributed by atoms with Crippen molar-refractivity contribution in [1.82, 2.24) is 73.2 Å². The third kappa shape index (κ3) is 24.9. The number of carbonyl (C=O) groups excluding carboxylic acids is 15. The lowest BCUT2D eigenvalue weighted by Crippen LogP contribution is -2.66. The van der Waals surface area contributed by atoms with Gasteiger partial charge in [-0.05, 0) is 164 Å². The Morgan fingerprint density at radius 1 is 0.455 bits per heavy atom. The quantitative estimate of drug-likeness (QED) is 0.0396. The van der Waals surface area contributed by atoms with Crippen LogP contribution < -0.4 is 64.2 Å². The molecule has 0 aromatic heterocycles. The molecular formula is C70H121N15O16. The monoisotopic (exact) mass is 1430 g/mol. The van der Waals surface area contributed by atoms with Crippen LogP contribution in [0.1, 0.15) is 222 Å². The van der Waals surface area contributed by atoms with Crippen LogP contribution in [0.3, 0.4) is 0 Å². The number of likely N-dealkylation sites (tertiary alicyclic amines) is 3. The van der Waals surface area contributed by atoms with Crippen molar-refractivity contribution in [2.75, 3.05) is 26.2 Å². The van der Waals surface area contributed by atoms with Crippen molar-refractivity contribution < 1.29 is 77.0 Å². The fraction of sp³-hybridized carbons (Fsp3) is 0.786. The average Bonchev–Trinajstić information content (AvgIpc) is 1.80. The zero-order valence-corrected chi connectivity index (χ0v) is 63.5. The van der Waals surface area contributed by atoms with Crippen molar-refractivity contribution >= 4 is 88.6 Å². The van der Waals surface area contributed by atoms with Crippen LogP contribution in [-0.4, -0.2) is 217 Å². The molecule has 0 aliphatic carbocycles. The SMILES string of the molecule is CC[C@H](C)[C@H](NC(=O)[C@H](C)NC(=O)[C@@H]1CCCN1C(=O)C(C)(C)NC(=O)[C@H](CC(C)C)NC(=O)[C@H](CCC(N)=O)NC(=O)C(C)(C)NC(C)=O)C(=O)NC(C)(C)C(=O)N1CCC[C@H]1C(=O)N[C@@](C)(CC)C(=O)N[C@@H](CC(C)C)C(=O)NC(C)(C)C(=O)N1CCC[C@H]1C(=O)N[C@H](CO)CC(C)C. The van der Waals surface area contributed by atoms with Crippen molar-refractivity contribution in [3.05, 3.63) is 0 Å². The highest BCUT2D eigenvalue weighted by Gasteiger charge is 2.49. The molecule has 572 valence electrons. The molecule has 0 spiro atoms. The van der Waals surface area contributed by atoms with E-state index in [1.54, 1.807) is 34.6 Å². The van der Waals surface area contributed by atoms with Crippen molar-refractivity contribution in [2.45, 2.75) is 304 Å². The minimum atomic E-state index is -1.68. The number of primary amides is 1. The average molecular weight is 1430 g/mol. The van der Waals surface area contributed by atoms with E-state index in [2.05, 4.69) is 58.5 Å². The zero-order valence-electron chi connectivity index (χ0n) is 63.5. The van der Waals surface area contributed by atoms with E-state index in [9.17, 15) is 77.0 Å². The number of nitrogens with zero attached hydrogens (tertiary/aromatic N) is 3. The standard InChI is InChI=1S/C70H121N15O16/c1-21-41(9)52(77-53(89)42(10)72-57(93)48-26-23-31-83(48)63(99)67(14,15)79-55(91)46(35-39(5)6)74-54(90)45(29-30-51(71)88)75-61(97)66(12,13)78-43(11)87)60(96)81-69(18,19)65(101)85-33-25-28-50(85)59(95)82-70(20,22-2)62(98)76-47(36-40(7)8)56(92)80-68(16,17)64(100)84-32-24-27-49(84)58(94)73-44(37-86)34-38(3)4/h38-42,44-50,52,86H,21-37H2,1-20H3,(H2,71,88)(H,72,93)(H,73,94)(H,74,90)(H,75,97)(H,76,98)(H,77,89)(H,78,87)(H,79,91)(H,80,92)(H,81,96)(H,82,95)/t41-,42-,44-,45-,46-,47-,48-,49-,50-,52-,70-/m0/s1. The molecule has 3 fully saturated rings. The summed E-state index contributed by atoms with van der Waals surface area (Å²) < 4.78 is 0. The minimum absolute atomic E-state index is 0.0498. The van der Waals surface area contributed by atoms with E-state index in [1.165, 1.54) is 90.9 Å². The molecular weight excluding hydrogens is 1310 g/mol. The first-order valence-corrected chi connectivity index (χ1v) is 35.8. The van der Waals surface area contributed by atoms with Gasteiger partial charge in [-0.2, -0.15) is 0 Å². The van der Waals surface area contributed by atoms with E-state index in [0.717, 1.165) is 0 Å². The van der Waals surface area contributed by atoms with Crippen LogP contribution >= 0.6 is 0 Å². The molecule has 0 bridgehead atoms. The Morgan fingerprint density at radius 3 is 1.26 bits per heavy atom. The molecule has 0 radical (unpaired) electrons. The summed E-state index contributed by atoms with van der Waals surface area (Å²) in [6.45, 7) is 32.4. The molecule has 0 unspecified atom stereocenters. The zero-order chi connectivity index (χ0) is 77.2. The Balaban J connectivity index is 1.72. The van der Waals surface area contributed by atoms with E-state index in [4.69, 9.17) is 5.73 Å². The summed E-state index contributed by atoms with van der Waals surface area (Å²) in [6, 6.07) is -9.81. The molecule has 0 aromatic carbocycles. The molecule has 3 heterocycles. The largest absolute Gasteiger partial charge is 0.394 e. The van der Waals surface area contributed by atoms with Gasteiger partial charge in [-0.3, -0.25) is 71.9 Å². The molecule has 3 aliphatic rings. The lowest BCUT2D eigenvalue weighted by Gasteiger charge is -2.37. The first-order chi connectivity index (χ1) is 46.6. The van der Waals surface area contributed by atoms with Crippen LogP contribution in [0.4, 0.5) is 0 Å². The van der Waals surface area contributed by atoms with Crippen LogP contribution in [0.2, 0.25) is 0 Å². The highest BCUT2D eigenvalue weighted by Crippen LogP contribution is 2.27. The van der Waals surface area contributed by atoms with Gasteiger partial charge in [0.2, 0.25) is 88.6 Å². The van der Waals surface area contributed by atoms with Gasteiger partial charge < -0.3 is 84.0 Å². The normalized spacial score (nSPS) is 19.2. The topological polar surface area (TPSA) is 444 Å². The van der Waals surface area contributed by atoms with E-state index < -0.39 is 177 Å². The molecule has 31 nitrogen and oxygen atoms in total. The molecule has 31 heteroatoms. The molecule has 3 rings (SSSR count). The molecule has 14 N–H and O–H groups in total. The fourth-order valence-electron chi connectivity index (χ4n) is 12.7. The van der Waals surface area contributed by atoms with Crippen molar-refractivity contribution in [3.63, 3.8) is 0 Å². The summed E-state index contributed by atoms with van der Waals surface area (Å²) in [5.41, 5.74) is -2.60. The molecule has 3 saturated heterocycles. The van der Waals surface area contributed by atoms with Crippen LogP contribution in [0.5, 0.6) is 0 Å². The highest BCUT2D eigenvalue weighted by atomic mass is 16.3. The summed E-state index contributed by atoms with van der Waals surface area (Å²) in [5, 5.41) is 39.8. The van der Waals surface area contributed by atoms with Gasteiger partial charge in [0.15, 0.2) is 0 Å². The number of aliphatic hydroxyl groups is 1. The molecule has 11 atom stereocenters. The second-order valence-electron chi connectivity index (χ2n) is 31.3. The third-order valence-electron chi connectivity index (χ3n) is 18.9. The number of carbonyl (C=O) groups is 15. The Hall–Kier alpha value is -7.99. The summed E-state index contributed by atoms with van der Waals surface area (Å²) in [5.74, 6) is -10.7. The molecule has 15 amide bonds. The summed E-state index contributed by atoms with van der Waals surface area (Å²) in [4.78, 5) is 211. The highest BCUT2D eigenvalue weighted by molar-refractivity contribution is 6.02. The lowest BCUT2D eigenvalue weighted by atomic mass is 9.94. The van der Waals surface area contributed by atoms with E-state index in [1.807, 2.05) is 27.7 Å². The number of hydrogen-bond donors (Lipinski definition) is 13. The van der Waals surface area contributed by atoms with Crippen LogP contribution in [0.25, 0.3) is 0 Å². The number of amides is 15. The number of hydrogen-bond acceptors (Lipinski definition) is 16. The Kier molecular flexibility index (Phi) is 32.2. The molecule has 0 aromatic rings. The van der Waals surface area contributed by atoms with Gasteiger partial charge in [0, 0.05) is 33.0 Å². The first-order valence-electron chi connectivity index (χ1n) is 35.8. The molecule has 101 heavy (non-hydrogen) atoms. The first kappa shape index (κ1) is 87.2. The lowest BCUT2D eigenvalue weighted by molar-refractivity contribution is -0.147. The summed E-state index contributed by atoms with van der Waals surface area (Å²) >= 11 is 0. The second kappa shape index (κ2) is 37.3. The van der Waals surface area contributed by atoms with Crippen molar-refractivity contribution in [2.24, 2.45) is 29.4 Å². The maximum atomic E-state index is 14.6. The van der Waals surface area contributed by atoms with Crippen molar-refractivity contribution in [3.8, 4) is 0 Å². The predicted molar refractivity (Wildman–Crippen MR) is 376 cm³/mol. The van der Waals surface area contributed by atoms with Crippen molar-refractivity contribution in [1.29, 1.82) is 0 Å². The maximum absolute atomic E-state index is 14.6. The Morgan fingerprint density at radius 2 is 0.861 bits per heavy atom. The van der Waals surface area contributed by atoms with Gasteiger partial charge in [-0.1, -0.05) is 68.7 Å². The number of nitrogens with two attached hydrogens (primary N) is 1. The Labute approximate surface area is 596 Å². The minimum Gasteiger partial charge on any atom is -0.394 e. The maximum Gasteiger partial charge on any atom is 0.248 e. The number of rotatable bonds is 37. The van der Waals surface area contributed by atoms with E-state index in [-0.39, 0.29) is 88.9 Å². The number of nitrogens with one attached hydrogen (secondary N) is 11. The fourth-order valence-corrected chi connectivity index (χ4v) is 12.7. The van der Waals surface area contributed by atoms with Gasteiger partial charge in [0.05, 0.1) is 12.6 Å². The second-order valence-corrected chi connectivity index (χ2v) is 31.3.